The first-order chi connectivity index (χ1) is 11.7. The van der Waals surface area contributed by atoms with E-state index >= 15 is 0 Å². The normalized spacial score (nSPS) is 54.9. The maximum absolute atomic E-state index is 13.9. The van der Waals surface area contributed by atoms with Crippen molar-refractivity contribution in [2.24, 2.45) is 34.5 Å². The number of aliphatic hydroxyl groups is 2. The average molecular weight is 346 g/mol. The highest BCUT2D eigenvalue weighted by Gasteiger charge is 2.80. The third-order valence-electron chi connectivity index (χ3n) is 8.15. The molecule has 1 aliphatic heterocycles. The van der Waals surface area contributed by atoms with Crippen molar-refractivity contribution in [1.82, 2.24) is 0 Å². The van der Waals surface area contributed by atoms with E-state index in [0.717, 1.165) is 12.0 Å². The van der Waals surface area contributed by atoms with E-state index in [4.69, 9.17) is 9.78 Å². The summed E-state index contributed by atoms with van der Waals surface area (Å²) in [5.41, 5.74) is -0.453. The molecule has 5 rings (SSSR count). The van der Waals surface area contributed by atoms with E-state index in [1.165, 1.54) is 0 Å². The second kappa shape index (κ2) is 4.45. The number of ketones is 1. The van der Waals surface area contributed by atoms with E-state index in [0.29, 0.717) is 11.5 Å². The van der Waals surface area contributed by atoms with Gasteiger partial charge in [0.1, 0.15) is 6.10 Å². The zero-order chi connectivity index (χ0) is 17.9. The van der Waals surface area contributed by atoms with Crippen LogP contribution >= 0.6 is 0 Å². The summed E-state index contributed by atoms with van der Waals surface area (Å²) in [7, 11) is 0. The summed E-state index contributed by atoms with van der Waals surface area (Å²) in [6, 6.07) is 0. The quantitative estimate of drug-likeness (QED) is 0.559. The highest BCUT2D eigenvalue weighted by atomic mass is 17.3. The number of rotatable bonds is 1. The summed E-state index contributed by atoms with van der Waals surface area (Å²) in [6.45, 7) is 8.25. The maximum Gasteiger partial charge on any atom is 0.182 e. The van der Waals surface area contributed by atoms with Gasteiger partial charge in [-0.3, -0.25) is 4.79 Å². The Morgan fingerprint density at radius 2 is 2.08 bits per heavy atom. The van der Waals surface area contributed by atoms with Crippen LogP contribution in [0.1, 0.15) is 34.1 Å². The van der Waals surface area contributed by atoms with Crippen LogP contribution in [0.2, 0.25) is 0 Å². The number of Topliss-reactive ketones (excluding diaryl/α,β-unsaturated/α-hetero) is 1. The minimum atomic E-state index is -1.13. The lowest BCUT2D eigenvalue weighted by Crippen LogP contribution is -2.73. The maximum atomic E-state index is 13.9. The van der Waals surface area contributed by atoms with E-state index in [9.17, 15) is 15.0 Å². The number of carbonyl (C=O) groups is 1. The lowest BCUT2D eigenvalue weighted by molar-refractivity contribution is -0.528. The van der Waals surface area contributed by atoms with Gasteiger partial charge < -0.3 is 10.2 Å². The van der Waals surface area contributed by atoms with Gasteiger partial charge in [0.05, 0.1) is 12.0 Å². The Labute approximate surface area is 147 Å². The molecule has 0 amide bonds. The van der Waals surface area contributed by atoms with Crippen molar-refractivity contribution in [3.05, 3.63) is 23.3 Å². The van der Waals surface area contributed by atoms with Crippen LogP contribution in [0.3, 0.4) is 0 Å². The van der Waals surface area contributed by atoms with Crippen LogP contribution < -0.4 is 0 Å². The number of allylic oxidation sites excluding steroid dienone is 1. The van der Waals surface area contributed by atoms with Gasteiger partial charge in [0, 0.05) is 5.92 Å². The largest absolute Gasteiger partial charge is 0.392 e. The number of carbonyl (C=O) groups excluding carboxylic acids is 1. The monoisotopic (exact) mass is 346 g/mol. The second-order valence-electron chi connectivity index (χ2n) is 9.39. The van der Waals surface area contributed by atoms with E-state index < -0.39 is 23.2 Å². The molecule has 5 heteroatoms. The van der Waals surface area contributed by atoms with Crippen LogP contribution in [0.25, 0.3) is 0 Å². The molecular weight excluding hydrogens is 320 g/mol. The van der Waals surface area contributed by atoms with Crippen molar-refractivity contribution in [2.75, 3.05) is 6.61 Å². The Kier molecular flexibility index (Phi) is 2.88. The molecular formula is C20H26O5. The molecule has 8 atom stereocenters. The van der Waals surface area contributed by atoms with E-state index in [1.807, 2.05) is 19.1 Å². The summed E-state index contributed by atoms with van der Waals surface area (Å²) in [5.74, 6) is 0.684. The first-order valence-electron chi connectivity index (χ1n) is 9.31. The number of fused-ring (bicyclic) bond motifs is 3. The molecule has 4 aliphatic carbocycles. The van der Waals surface area contributed by atoms with Crippen LogP contribution in [-0.2, 0) is 14.6 Å². The molecule has 0 unspecified atom stereocenters. The molecule has 1 saturated heterocycles. The Balaban J connectivity index is 1.78. The Morgan fingerprint density at radius 1 is 1.36 bits per heavy atom. The summed E-state index contributed by atoms with van der Waals surface area (Å²) in [6.07, 6.45) is 3.36. The molecule has 5 nitrogen and oxygen atoms in total. The smallest absolute Gasteiger partial charge is 0.182 e. The Hall–Kier alpha value is -1.01. The van der Waals surface area contributed by atoms with Crippen molar-refractivity contribution in [1.29, 1.82) is 0 Å². The molecule has 2 spiro atoms. The standard InChI is InChI=1S/C20H26O5/c1-9-7-19-10(2)5-13-14(18(13,3)4)12(16(19)23)6-11(8-21)17-20(19,15(9)22)25-24-17/h6-7,10,12-15,17,21-22H,5,8H2,1-4H3/t10-,12+,13-,14+,15+,17-,19+,20-/m1/s1. The SMILES string of the molecule is CC1=C[C@]23C(=O)[C@@H](C=C(CO)[C@H]4OO[C@]42[C@H]1O)[C@H]1[C@@H](C[C@H]3C)C1(C)C. The second-order valence-corrected chi connectivity index (χ2v) is 9.39. The molecule has 2 bridgehead atoms. The van der Waals surface area contributed by atoms with Crippen molar-refractivity contribution in [3.63, 3.8) is 0 Å². The van der Waals surface area contributed by atoms with E-state index in [1.54, 1.807) is 0 Å². The zero-order valence-corrected chi connectivity index (χ0v) is 15.2. The highest BCUT2D eigenvalue weighted by Crippen LogP contribution is 2.73. The molecule has 2 N–H and O–H groups in total. The minimum absolute atomic E-state index is 0.0456. The molecule has 0 aromatic carbocycles. The van der Waals surface area contributed by atoms with Gasteiger partial charge in [-0.15, -0.1) is 0 Å². The fourth-order valence-corrected chi connectivity index (χ4v) is 6.75. The molecule has 136 valence electrons. The molecule has 25 heavy (non-hydrogen) atoms. The van der Waals surface area contributed by atoms with Gasteiger partial charge in [-0.2, -0.15) is 0 Å². The first kappa shape index (κ1) is 16.2. The molecule has 0 aromatic rings. The van der Waals surface area contributed by atoms with Crippen molar-refractivity contribution < 1.29 is 24.8 Å². The van der Waals surface area contributed by atoms with Gasteiger partial charge in [-0.05, 0) is 47.7 Å². The molecule has 0 radical (unpaired) electrons. The summed E-state index contributed by atoms with van der Waals surface area (Å²) < 4.78 is 0. The number of hydrogen-bond acceptors (Lipinski definition) is 5. The lowest BCUT2D eigenvalue weighted by atomic mass is 9.58. The van der Waals surface area contributed by atoms with Gasteiger partial charge in [0.2, 0.25) is 0 Å². The zero-order valence-electron chi connectivity index (χ0n) is 15.2. The van der Waals surface area contributed by atoms with E-state index in [-0.39, 0.29) is 35.6 Å². The molecule has 5 aliphatic rings. The highest BCUT2D eigenvalue weighted by molar-refractivity contribution is 5.95. The van der Waals surface area contributed by atoms with Crippen molar-refractivity contribution >= 4 is 5.78 Å². The number of hydrogen-bond donors (Lipinski definition) is 2. The predicted octanol–water partition coefficient (Wildman–Crippen LogP) is 1.79. The lowest BCUT2D eigenvalue weighted by Gasteiger charge is -2.56. The summed E-state index contributed by atoms with van der Waals surface area (Å²) in [4.78, 5) is 25.0. The fourth-order valence-electron chi connectivity index (χ4n) is 6.75. The van der Waals surface area contributed by atoms with Crippen molar-refractivity contribution in [2.45, 2.75) is 51.9 Å². The fraction of sp³-hybridized carbons (Fsp3) is 0.750. The Morgan fingerprint density at radius 3 is 2.68 bits per heavy atom. The Bertz CT molecular complexity index is 736. The minimum Gasteiger partial charge on any atom is -0.392 e. The summed E-state index contributed by atoms with van der Waals surface area (Å²) >= 11 is 0. The molecule has 2 saturated carbocycles. The van der Waals surface area contributed by atoms with Crippen LogP contribution in [0.4, 0.5) is 0 Å². The first-order valence-corrected chi connectivity index (χ1v) is 9.31. The summed E-state index contributed by atoms with van der Waals surface area (Å²) in [5, 5.41) is 21.0. The van der Waals surface area contributed by atoms with Crippen LogP contribution in [0.5, 0.6) is 0 Å². The van der Waals surface area contributed by atoms with Crippen LogP contribution in [-0.4, -0.2) is 40.4 Å². The predicted molar refractivity (Wildman–Crippen MR) is 89.1 cm³/mol. The average Bonchev–Trinajstić information content (AvgIpc) is 2.99. The third kappa shape index (κ3) is 1.47. The topological polar surface area (TPSA) is 76.0 Å². The van der Waals surface area contributed by atoms with Crippen LogP contribution in [0, 0.1) is 34.5 Å². The molecule has 1 heterocycles. The van der Waals surface area contributed by atoms with Crippen molar-refractivity contribution in [3.8, 4) is 0 Å². The van der Waals surface area contributed by atoms with Crippen LogP contribution in [0.15, 0.2) is 23.3 Å². The van der Waals surface area contributed by atoms with Gasteiger partial charge in [-0.1, -0.05) is 32.9 Å². The number of aliphatic hydroxyl groups excluding tert-OH is 2. The van der Waals surface area contributed by atoms with Gasteiger partial charge in [-0.25, -0.2) is 9.78 Å². The third-order valence-corrected chi connectivity index (χ3v) is 8.15. The van der Waals surface area contributed by atoms with Gasteiger partial charge in [0.15, 0.2) is 17.5 Å². The molecule has 0 aromatic heterocycles. The van der Waals surface area contributed by atoms with E-state index in [2.05, 4.69) is 20.8 Å². The molecule has 3 fully saturated rings. The van der Waals surface area contributed by atoms with Gasteiger partial charge in [0.25, 0.3) is 0 Å². The van der Waals surface area contributed by atoms with Gasteiger partial charge >= 0.3 is 0 Å².